The zero-order chi connectivity index (χ0) is 13.5. The predicted molar refractivity (Wildman–Crippen MR) is 82.8 cm³/mol. The summed E-state index contributed by atoms with van der Waals surface area (Å²) < 4.78 is 1.13. The third kappa shape index (κ3) is 1.80. The van der Waals surface area contributed by atoms with E-state index in [1.165, 1.54) is 5.57 Å². The molecular weight excluding hydrogens is 268 g/mol. The smallest absolute Gasteiger partial charge is 0.228 e. The number of thiazole rings is 1. The number of nitrogens with one attached hydrogen (secondary N) is 1. The predicted octanol–water partition coefficient (Wildman–Crippen LogP) is 3.69. The van der Waals surface area contributed by atoms with Gasteiger partial charge in [0.15, 0.2) is 0 Å². The van der Waals surface area contributed by atoms with Crippen molar-refractivity contribution in [1.29, 1.82) is 0 Å². The van der Waals surface area contributed by atoms with Crippen molar-refractivity contribution in [2.75, 3.05) is 5.32 Å². The van der Waals surface area contributed by atoms with Crippen LogP contribution in [0.4, 0.5) is 5.69 Å². The molecule has 0 saturated heterocycles. The third-order valence-electron chi connectivity index (χ3n) is 3.54. The van der Waals surface area contributed by atoms with Crippen LogP contribution in [-0.4, -0.2) is 10.9 Å². The summed E-state index contributed by atoms with van der Waals surface area (Å²) in [5, 5.41) is 3.94. The lowest BCUT2D eigenvalue weighted by atomic mass is 10.1. The first-order chi connectivity index (χ1) is 9.81. The zero-order valence-corrected chi connectivity index (χ0v) is 11.5. The molecule has 0 atom stereocenters. The van der Waals surface area contributed by atoms with Crippen molar-refractivity contribution in [2.45, 2.75) is 12.8 Å². The lowest BCUT2D eigenvalue weighted by molar-refractivity contribution is -0.115. The third-order valence-corrected chi connectivity index (χ3v) is 4.75. The number of aromatic nitrogens is 1. The van der Waals surface area contributed by atoms with Gasteiger partial charge in [-0.05, 0) is 24.1 Å². The highest BCUT2D eigenvalue weighted by atomic mass is 32.1. The van der Waals surface area contributed by atoms with Crippen LogP contribution in [0.25, 0.3) is 15.8 Å². The Morgan fingerprint density at radius 2 is 2.15 bits per heavy atom. The number of allylic oxidation sites excluding steroid dienone is 6. The van der Waals surface area contributed by atoms with Crippen molar-refractivity contribution in [3.8, 4) is 0 Å². The Kier molecular flexibility index (Phi) is 2.57. The highest BCUT2D eigenvalue weighted by Crippen LogP contribution is 2.37. The van der Waals surface area contributed by atoms with E-state index in [0.717, 1.165) is 32.9 Å². The van der Waals surface area contributed by atoms with Crippen molar-refractivity contribution in [2.24, 2.45) is 0 Å². The quantitative estimate of drug-likeness (QED) is 0.865. The summed E-state index contributed by atoms with van der Waals surface area (Å²) in [6, 6.07) is 3.94. The van der Waals surface area contributed by atoms with Gasteiger partial charge in [0.25, 0.3) is 0 Å². The van der Waals surface area contributed by atoms with Crippen molar-refractivity contribution in [3.05, 3.63) is 53.1 Å². The number of anilines is 1. The lowest BCUT2D eigenvalue weighted by Crippen LogP contribution is -2.03. The number of amides is 1. The zero-order valence-electron chi connectivity index (χ0n) is 10.7. The second kappa shape index (κ2) is 4.42. The van der Waals surface area contributed by atoms with Crippen LogP contribution in [0.3, 0.4) is 0 Å². The van der Waals surface area contributed by atoms with E-state index in [1.807, 2.05) is 24.3 Å². The van der Waals surface area contributed by atoms with E-state index >= 15 is 0 Å². The minimum Gasteiger partial charge on any atom is -0.325 e. The highest BCUT2D eigenvalue weighted by molar-refractivity contribution is 7.19. The van der Waals surface area contributed by atoms with Crippen molar-refractivity contribution >= 4 is 38.7 Å². The molecule has 1 aliphatic carbocycles. The SMILES string of the molecule is O=C1Cc2c(ccc3nc(C4=CC=CC=CC4)sc23)N1. The van der Waals surface area contributed by atoms with Gasteiger partial charge < -0.3 is 5.32 Å². The van der Waals surface area contributed by atoms with Gasteiger partial charge >= 0.3 is 0 Å². The van der Waals surface area contributed by atoms with Gasteiger partial charge in [0.2, 0.25) is 5.91 Å². The Morgan fingerprint density at radius 3 is 3.10 bits per heavy atom. The fourth-order valence-electron chi connectivity index (χ4n) is 2.57. The topological polar surface area (TPSA) is 42.0 Å². The first-order valence-electron chi connectivity index (χ1n) is 6.56. The maximum Gasteiger partial charge on any atom is 0.228 e. The fraction of sp³-hybridized carbons (Fsp3) is 0.125. The molecule has 0 fully saturated rings. The molecule has 0 unspecified atom stereocenters. The van der Waals surface area contributed by atoms with Crippen LogP contribution in [0.15, 0.2) is 42.5 Å². The van der Waals surface area contributed by atoms with E-state index in [0.29, 0.717) is 6.42 Å². The van der Waals surface area contributed by atoms with E-state index in [4.69, 9.17) is 4.98 Å². The lowest BCUT2D eigenvalue weighted by Gasteiger charge is -1.97. The van der Waals surface area contributed by atoms with Gasteiger partial charge in [-0.2, -0.15) is 0 Å². The van der Waals surface area contributed by atoms with Gasteiger partial charge in [0, 0.05) is 11.3 Å². The highest BCUT2D eigenvalue weighted by Gasteiger charge is 2.22. The summed E-state index contributed by atoms with van der Waals surface area (Å²) in [6.45, 7) is 0. The van der Waals surface area contributed by atoms with Gasteiger partial charge in [-0.15, -0.1) is 11.3 Å². The molecule has 1 aromatic carbocycles. The largest absolute Gasteiger partial charge is 0.325 e. The number of hydrogen-bond acceptors (Lipinski definition) is 3. The molecule has 0 bridgehead atoms. The number of carbonyl (C=O) groups is 1. The first-order valence-corrected chi connectivity index (χ1v) is 7.38. The average Bonchev–Trinajstić information content (AvgIpc) is 2.92. The Labute approximate surface area is 120 Å². The normalized spacial score (nSPS) is 17.0. The standard InChI is InChI=1S/C16H12N2OS/c19-14-9-11-12(17-14)7-8-13-15(11)20-16(18-13)10-5-3-1-2-4-6-10/h1-5,7-8H,6,9H2,(H,17,19). The van der Waals surface area contributed by atoms with Crippen molar-refractivity contribution < 1.29 is 4.79 Å². The number of carbonyl (C=O) groups excluding carboxylic acids is 1. The van der Waals surface area contributed by atoms with E-state index in [9.17, 15) is 4.79 Å². The molecule has 2 heterocycles. The molecular formula is C16H12N2OS. The second-order valence-electron chi connectivity index (χ2n) is 4.89. The van der Waals surface area contributed by atoms with Crippen LogP contribution >= 0.6 is 11.3 Å². The molecule has 0 spiro atoms. The molecule has 0 radical (unpaired) electrons. The van der Waals surface area contributed by atoms with Crippen molar-refractivity contribution in [3.63, 3.8) is 0 Å². The molecule has 4 rings (SSSR count). The second-order valence-corrected chi connectivity index (χ2v) is 5.89. The maximum absolute atomic E-state index is 11.5. The van der Waals surface area contributed by atoms with Crippen LogP contribution < -0.4 is 5.32 Å². The molecule has 20 heavy (non-hydrogen) atoms. The number of nitrogens with zero attached hydrogens (tertiary/aromatic N) is 1. The van der Waals surface area contributed by atoms with Gasteiger partial charge in [0.1, 0.15) is 5.01 Å². The Morgan fingerprint density at radius 1 is 1.20 bits per heavy atom. The van der Waals surface area contributed by atoms with Crippen LogP contribution in [-0.2, 0) is 11.2 Å². The molecule has 1 N–H and O–H groups in total. The molecule has 0 saturated carbocycles. The summed E-state index contributed by atoms with van der Waals surface area (Å²) >= 11 is 1.68. The minimum atomic E-state index is 0.0713. The Hall–Kier alpha value is -2.20. The van der Waals surface area contributed by atoms with E-state index in [2.05, 4.69) is 23.5 Å². The Balaban J connectivity index is 1.86. The minimum absolute atomic E-state index is 0.0713. The number of fused-ring (bicyclic) bond motifs is 3. The Bertz CT molecular complexity index is 811. The van der Waals surface area contributed by atoms with Crippen molar-refractivity contribution in [1.82, 2.24) is 4.98 Å². The molecule has 98 valence electrons. The summed E-state index contributed by atoms with van der Waals surface area (Å²) in [6.07, 6.45) is 11.7. The summed E-state index contributed by atoms with van der Waals surface area (Å²) in [7, 11) is 0. The average molecular weight is 280 g/mol. The number of rotatable bonds is 1. The molecule has 2 aromatic rings. The molecule has 2 aliphatic rings. The van der Waals surface area contributed by atoms with Gasteiger partial charge in [-0.3, -0.25) is 4.79 Å². The maximum atomic E-state index is 11.5. The van der Waals surface area contributed by atoms with Crippen LogP contribution in [0.2, 0.25) is 0 Å². The number of benzene rings is 1. The summed E-state index contributed by atoms with van der Waals surface area (Å²) in [5.41, 5.74) is 4.24. The number of hydrogen-bond donors (Lipinski definition) is 1. The molecule has 1 aliphatic heterocycles. The van der Waals surface area contributed by atoms with E-state index in [1.54, 1.807) is 11.3 Å². The van der Waals surface area contributed by atoms with Gasteiger partial charge in [-0.25, -0.2) is 4.98 Å². The van der Waals surface area contributed by atoms with E-state index in [-0.39, 0.29) is 5.91 Å². The summed E-state index contributed by atoms with van der Waals surface area (Å²) in [4.78, 5) is 16.3. The van der Waals surface area contributed by atoms with Crippen LogP contribution in [0, 0.1) is 0 Å². The summed E-state index contributed by atoms with van der Waals surface area (Å²) in [5.74, 6) is 0.0713. The van der Waals surface area contributed by atoms with Crippen LogP contribution in [0.1, 0.15) is 17.0 Å². The van der Waals surface area contributed by atoms with Gasteiger partial charge in [0.05, 0.1) is 16.6 Å². The molecule has 4 heteroatoms. The molecule has 1 amide bonds. The van der Waals surface area contributed by atoms with Crippen LogP contribution in [0.5, 0.6) is 0 Å². The first kappa shape index (κ1) is 11.6. The molecule has 1 aromatic heterocycles. The monoisotopic (exact) mass is 280 g/mol. The molecule has 3 nitrogen and oxygen atoms in total. The fourth-order valence-corrected chi connectivity index (χ4v) is 3.71. The van der Waals surface area contributed by atoms with E-state index < -0.39 is 0 Å². The van der Waals surface area contributed by atoms with Gasteiger partial charge in [-0.1, -0.05) is 30.4 Å².